The fourth-order valence-corrected chi connectivity index (χ4v) is 6.55. The van der Waals surface area contributed by atoms with Crippen LogP contribution in [0.15, 0.2) is 65.6 Å². The Bertz CT molecular complexity index is 1430. The Morgan fingerprint density at radius 3 is 2.43 bits per heavy atom. The van der Waals surface area contributed by atoms with Gasteiger partial charge in [0.05, 0.1) is 21.6 Å². The normalized spacial score (nSPS) is 21.9. The summed E-state index contributed by atoms with van der Waals surface area (Å²) in [5.74, 6) is -2.46. The van der Waals surface area contributed by atoms with Crippen LogP contribution in [0.5, 0.6) is 0 Å². The molecule has 0 fully saturated rings. The van der Waals surface area contributed by atoms with E-state index in [1.165, 1.54) is 23.1 Å². The summed E-state index contributed by atoms with van der Waals surface area (Å²) in [5.41, 5.74) is -2.24. The van der Waals surface area contributed by atoms with Crippen LogP contribution in [0.1, 0.15) is 10.4 Å². The van der Waals surface area contributed by atoms with Crippen LogP contribution in [0.4, 0.5) is 15.8 Å². The fourth-order valence-electron chi connectivity index (χ4n) is 3.89. The lowest BCUT2D eigenvalue weighted by Gasteiger charge is -2.40. The third-order valence-corrected chi connectivity index (χ3v) is 8.95. The second kappa shape index (κ2) is 9.16. The Morgan fingerprint density at radius 1 is 1.17 bits per heavy atom. The second-order valence-corrected chi connectivity index (χ2v) is 10.8. The van der Waals surface area contributed by atoms with Crippen molar-refractivity contribution < 1.29 is 32.9 Å². The van der Waals surface area contributed by atoms with Gasteiger partial charge in [0.15, 0.2) is 12.0 Å². The third kappa shape index (κ3) is 4.11. The van der Waals surface area contributed by atoms with Gasteiger partial charge in [-0.3, -0.25) is 0 Å². The Kier molecular flexibility index (Phi) is 6.68. The number of nitrogens with zero attached hydrogens (tertiary/aromatic N) is 2. The fraction of sp³-hybridized carbons (Fsp3) is 0.174. The molecule has 3 aromatic rings. The van der Waals surface area contributed by atoms with Gasteiger partial charge < -0.3 is 20.2 Å². The molecule has 2 atom stereocenters. The standard InChI is InChI=1S/C23H19BrClFN2O6S/c1-27-23(32,12-24)22(31)28(14-5-3-2-4-6-14)19-11-17(25)15(10-20(19)35(27,33)34)13-7-8-18(26)16(9-13)21(29)30/h2-11,22,31-32H,12H2,1H3,(H,29,30)/t22?,23-/m1/s1. The van der Waals surface area contributed by atoms with Crippen LogP contribution < -0.4 is 4.90 Å². The number of fused-ring (bicyclic) bond motifs is 1. The maximum absolute atomic E-state index is 14.0. The largest absolute Gasteiger partial charge is 0.478 e. The molecule has 12 heteroatoms. The van der Waals surface area contributed by atoms with Crippen LogP contribution in [-0.2, 0) is 10.0 Å². The third-order valence-electron chi connectivity index (χ3n) is 5.89. The number of hydrogen-bond donors (Lipinski definition) is 3. The van der Waals surface area contributed by atoms with Crippen molar-refractivity contribution in [2.75, 3.05) is 17.3 Å². The molecule has 0 aromatic heterocycles. The number of carboxylic acid groups (broad SMARTS) is 1. The van der Waals surface area contributed by atoms with Gasteiger partial charge in [-0.15, -0.1) is 0 Å². The lowest BCUT2D eigenvalue weighted by molar-refractivity contribution is -0.115. The van der Waals surface area contributed by atoms with Gasteiger partial charge in [-0.25, -0.2) is 17.6 Å². The first kappa shape index (κ1) is 25.5. The van der Waals surface area contributed by atoms with E-state index in [-0.39, 0.29) is 32.1 Å². The molecular weight excluding hydrogens is 567 g/mol. The Hall–Kier alpha value is -2.54. The van der Waals surface area contributed by atoms with Gasteiger partial charge in [0.25, 0.3) is 0 Å². The number of hydrogen-bond acceptors (Lipinski definition) is 6. The number of benzene rings is 3. The number of carboxylic acids is 1. The van der Waals surface area contributed by atoms with Crippen molar-refractivity contribution in [3.05, 3.63) is 77.1 Å². The molecule has 3 N–H and O–H groups in total. The van der Waals surface area contributed by atoms with Crippen molar-refractivity contribution in [3.63, 3.8) is 0 Å². The molecule has 0 saturated heterocycles. The molecule has 0 bridgehead atoms. The monoisotopic (exact) mass is 584 g/mol. The zero-order valence-electron chi connectivity index (χ0n) is 18.1. The molecule has 0 radical (unpaired) electrons. The van der Waals surface area contributed by atoms with Gasteiger partial charge in [0.2, 0.25) is 10.0 Å². The molecule has 184 valence electrons. The molecule has 0 saturated carbocycles. The first-order chi connectivity index (χ1) is 16.4. The van der Waals surface area contributed by atoms with Gasteiger partial charge in [-0.2, -0.15) is 4.31 Å². The van der Waals surface area contributed by atoms with Crippen molar-refractivity contribution in [1.29, 1.82) is 0 Å². The molecular formula is C23H19BrClFN2O6S. The summed E-state index contributed by atoms with van der Waals surface area (Å²) in [6, 6.07) is 14.1. The Morgan fingerprint density at radius 2 is 1.83 bits per heavy atom. The number of aliphatic hydroxyl groups is 2. The summed E-state index contributed by atoms with van der Waals surface area (Å²) in [7, 11) is -3.30. The van der Waals surface area contributed by atoms with Crippen LogP contribution in [0, 0.1) is 5.82 Å². The summed E-state index contributed by atoms with van der Waals surface area (Å²) in [5, 5.41) is 31.5. The van der Waals surface area contributed by atoms with E-state index in [1.807, 2.05) is 0 Å². The summed E-state index contributed by atoms with van der Waals surface area (Å²) < 4.78 is 41.9. The number of aliphatic hydroxyl groups excluding tert-OH is 1. The molecule has 1 heterocycles. The van der Waals surface area contributed by atoms with Gasteiger partial charge in [-0.1, -0.05) is 51.8 Å². The molecule has 1 aliphatic rings. The van der Waals surface area contributed by atoms with Crippen LogP contribution >= 0.6 is 27.5 Å². The number of carbonyl (C=O) groups is 1. The number of para-hydroxylation sites is 1. The minimum atomic E-state index is -4.43. The average molecular weight is 586 g/mol. The summed E-state index contributed by atoms with van der Waals surface area (Å²) in [6.07, 6.45) is -1.75. The molecule has 1 unspecified atom stereocenters. The van der Waals surface area contributed by atoms with E-state index in [0.29, 0.717) is 9.99 Å². The van der Waals surface area contributed by atoms with Gasteiger partial charge in [0.1, 0.15) is 10.7 Å². The van der Waals surface area contributed by atoms with E-state index in [9.17, 15) is 32.9 Å². The molecule has 0 aliphatic carbocycles. The zero-order valence-corrected chi connectivity index (χ0v) is 21.2. The minimum Gasteiger partial charge on any atom is -0.478 e. The summed E-state index contributed by atoms with van der Waals surface area (Å²) >= 11 is 9.64. The van der Waals surface area contributed by atoms with Crippen LogP contribution in [-0.4, -0.2) is 58.3 Å². The van der Waals surface area contributed by atoms with Crippen molar-refractivity contribution in [1.82, 2.24) is 4.31 Å². The highest BCUT2D eigenvalue weighted by molar-refractivity contribution is 9.09. The molecule has 1 aliphatic heterocycles. The Labute approximate surface area is 214 Å². The second-order valence-electron chi connectivity index (χ2n) is 7.86. The van der Waals surface area contributed by atoms with Crippen LogP contribution in [0.25, 0.3) is 11.1 Å². The van der Waals surface area contributed by atoms with Gasteiger partial charge >= 0.3 is 5.97 Å². The maximum Gasteiger partial charge on any atom is 0.338 e. The number of aromatic carboxylic acids is 1. The molecule has 35 heavy (non-hydrogen) atoms. The maximum atomic E-state index is 14.0. The van der Waals surface area contributed by atoms with Crippen molar-refractivity contribution in [3.8, 4) is 11.1 Å². The topological polar surface area (TPSA) is 118 Å². The number of likely N-dealkylation sites (N-methyl/N-ethyl adjacent to an activating group) is 1. The van der Waals surface area contributed by atoms with Gasteiger partial charge in [0, 0.05) is 18.3 Å². The average Bonchev–Trinajstić information content (AvgIpc) is 2.87. The number of anilines is 2. The Balaban J connectivity index is 2.05. The number of alkyl halides is 1. The summed E-state index contributed by atoms with van der Waals surface area (Å²) in [6.45, 7) is 0. The molecule has 4 rings (SSSR count). The number of rotatable bonds is 4. The predicted octanol–water partition coefficient (Wildman–Crippen LogP) is 4.02. The minimum absolute atomic E-state index is 0.0123. The molecule has 8 nitrogen and oxygen atoms in total. The van der Waals surface area contributed by atoms with E-state index in [2.05, 4.69) is 15.9 Å². The van der Waals surface area contributed by atoms with Gasteiger partial charge in [-0.05, 0) is 42.0 Å². The van der Waals surface area contributed by atoms with Crippen LogP contribution in [0.2, 0.25) is 5.02 Å². The van der Waals surface area contributed by atoms with E-state index in [4.69, 9.17) is 11.6 Å². The smallest absolute Gasteiger partial charge is 0.338 e. The number of sulfonamides is 1. The van der Waals surface area contributed by atoms with E-state index in [0.717, 1.165) is 19.2 Å². The zero-order chi connectivity index (χ0) is 25.7. The first-order valence-electron chi connectivity index (χ1n) is 10.1. The van der Waals surface area contributed by atoms with Crippen molar-refractivity contribution >= 4 is 54.9 Å². The predicted molar refractivity (Wildman–Crippen MR) is 132 cm³/mol. The van der Waals surface area contributed by atoms with Crippen molar-refractivity contribution in [2.45, 2.75) is 16.8 Å². The quantitative estimate of drug-likeness (QED) is 0.396. The van der Waals surface area contributed by atoms with E-state index < -0.39 is 39.3 Å². The highest BCUT2D eigenvalue weighted by Gasteiger charge is 2.52. The molecule has 0 amide bonds. The van der Waals surface area contributed by atoms with Crippen LogP contribution in [0.3, 0.4) is 0 Å². The molecule has 3 aromatic carbocycles. The number of halogens is 3. The first-order valence-corrected chi connectivity index (χ1v) is 13.0. The lowest BCUT2D eigenvalue weighted by atomic mass is 10.0. The highest BCUT2D eigenvalue weighted by atomic mass is 79.9. The molecule has 0 spiro atoms. The SMILES string of the molecule is CN1[C@@](O)(CBr)C(O)N(c2ccccc2)c2cc(Cl)c(-c3ccc(F)c(C(=O)O)c3)cc2S1(=O)=O. The van der Waals surface area contributed by atoms with E-state index in [1.54, 1.807) is 30.3 Å². The van der Waals surface area contributed by atoms with Crippen molar-refractivity contribution in [2.24, 2.45) is 0 Å². The summed E-state index contributed by atoms with van der Waals surface area (Å²) in [4.78, 5) is 12.4. The van der Waals surface area contributed by atoms with E-state index >= 15 is 0 Å². The lowest BCUT2D eigenvalue weighted by Crippen LogP contribution is -2.61. The highest BCUT2D eigenvalue weighted by Crippen LogP contribution is 2.46.